The maximum absolute atomic E-state index is 12.5. The molecular weight excluding hydrogens is 368 g/mol. The minimum absolute atomic E-state index is 0.110. The van der Waals surface area contributed by atoms with Crippen LogP contribution >= 0.6 is 0 Å². The fraction of sp³-hybridized carbons (Fsp3) is 0.286. The predicted molar refractivity (Wildman–Crippen MR) is 109 cm³/mol. The SMILES string of the molecule is CCC(C)NC(=O)c1cccc(CNC(=O)c2ccc(-n3cnnn3)c(C)c2)c1. The van der Waals surface area contributed by atoms with Crippen LogP contribution in [-0.4, -0.2) is 38.1 Å². The highest BCUT2D eigenvalue weighted by molar-refractivity contribution is 5.95. The van der Waals surface area contributed by atoms with Crippen molar-refractivity contribution < 1.29 is 9.59 Å². The molecule has 3 rings (SSSR count). The van der Waals surface area contributed by atoms with Gasteiger partial charge < -0.3 is 10.6 Å². The fourth-order valence-electron chi connectivity index (χ4n) is 2.84. The van der Waals surface area contributed by atoms with Crippen LogP contribution in [0.15, 0.2) is 48.8 Å². The second kappa shape index (κ2) is 9.09. The number of carbonyl (C=O) groups is 2. The van der Waals surface area contributed by atoms with Gasteiger partial charge in [-0.25, -0.2) is 4.68 Å². The van der Waals surface area contributed by atoms with Gasteiger partial charge >= 0.3 is 0 Å². The molecule has 0 aliphatic heterocycles. The van der Waals surface area contributed by atoms with Gasteiger partial charge in [0.05, 0.1) is 5.69 Å². The Hall–Kier alpha value is -3.55. The lowest BCUT2D eigenvalue weighted by atomic mass is 10.1. The number of rotatable bonds is 7. The van der Waals surface area contributed by atoms with Crippen molar-refractivity contribution in [1.29, 1.82) is 0 Å². The molecule has 1 unspecified atom stereocenters. The minimum atomic E-state index is -0.189. The van der Waals surface area contributed by atoms with Crippen LogP contribution in [0.4, 0.5) is 0 Å². The molecule has 0 aliphatic carbocycles. The number of amides is 2. The van der Waals surface area contributed by atoms with Crippen molar-refractivity contribution in [2.75, 3.05) is 0 Å². The molecule has 0 radical (unpaired) electrons. The van der Waals surface area contributed by atoms with Gasteiger partial charge in [0, 0.05) is 23.7 Å². The molecule has 29 heavy (non-hydrogen) atoms. The zero-order valence-electron chi connectivity index (χ0n) is 16.7. The van der Waals surface area contributed by atoms with E-state index < -0.39 is 0 Å². The molecule has 0 aliphatic rings. The Kier molecular flexibility index (Phi) is 6.33. The van der Waals surface area contributed by atoms with Crippen LogP contribution < -0.4 is 10.6 Å². The summed E-state index contributed by atoms with van der Waals surface area (Å²) in [5, 5.41) is 17.0. The molecule has 3 aromatic rings. The van der Waals surface area contributed by atoms with Crippen molar-refractivity contribution in [3.05, 3.63) is 71.0 Å². The van der Waals surface area contributed by atoms with Crippen molar-refractivity contribution in [2.24, 2.45) is 0 Å². The van der Waals surface area contributed by atoms with E-state index in [2.05, 4.69) is 26.2 Å². The summed E-state index contributed by atoms with van der Waals surface area (Å²) in [4.78, 5) is 24.8. The Labute approximate surface area is 169 Å². The molecule has 2 N–H and O–H groups in total. The molecule has 0 saturated carbocycles. The minimum Gasteiger partial charge on any atom is -0.350 e. The van der Waals surface area contributed by atoms with E-state index in [0.717, 1.165) is 23.2 Å². The number of aromatic nitrogens is 4. The smallest absolute Gasteiger partial charge is 0.251 e. The summed E-state index contributed by atoms with van der Waals surface area (Å²) in [7, 11) is 0. The largest absolute Gasteiger partial charge is 0.350 e. The van der Waals surface area contributed by atoms with Gasteiger partial charge in [-0.1, -0.05) is 19.1 Å². The van der Waals surface area contributed by atoms with Crippen LogP contribution in [0.25, 0.3) is 5.69 Å². The number of aryl methyl sites for hydroxylation is 1. The molecule has 0 spiro atoms. The normalized spacial score (nSPS) is 11.7. The molecule has 8 heteroatoms. The summed E-state index contributed by atoms with van der Waals surface area (Å²) in [6, 6.07) is 12.7. The first kappa shape index (κ1) is 20.2. The lowest BCUT2D eigenvalue weighted by Gasteiger charge is -2.12. The first-order valence-electron chi connectivity index (χ1n) is 9.50. The molecule has 2 aromatic carbocycles. The Balaban J connectivity index is 1.64. The predicted octanol–water partition coefficient (Wildman–Crippen LogP) is 2.43. The monoisotopic (exact) mass is 392 g/mol. The summed E-state index contributed by atoms with van der Waals surface area (Å²) >= 11 is 0. The molecule has 150 valence electrons. The Morgan fingerprint density at radius 3 is 2.59 bits per heavy atom. The van der Waals surface area contributed by atoms with Crippen molar-refractivity contribution in [3.63, 3.8) is 0 Å². The van der Waals surface area contributed by atoms with E-state index in [1.807, 2.05) is 32.9 Å². The van der Waals surface area contributed by atoms with Crippen LogP contribution in [0.1, 0.15) is 52.1 Å². The number of carbonyl (C=O) groups excluding carboxylic acids is 2. The topological polar surface area (TPSA) is 102 Å². The van der Waals surface area contributed by atoms with Gasteiger partial charge in [-0.15, -0.1) is 5.10 Å². The van der Waals surface area contributed by atoms with Crippen LogP contribution in [-0.2, 0) is 6.54 Å². The lowest BCUT2D eigenvalue weighted by molar-refractivity contribution is 0.0936. The Morgan fingerprint density at radius 1 is 1.10 bits per heavy atom. The van der Waals surface area contributed by atoms with Crippen LogP contribution in [0.5, 0.6) is 0 Å². The zero-order chi connectivity index (χ0) is 20.8. The van der Waals surface area contributed by atoms with Crippen LogP contribution in [0.2, 0.25) is 0 Å². The Bertz CT molecular complexity index is 1000. The highest BCUT2D eigenvalue weighted by atomic mass is 16.2. The van der Waals surface area contributed by atoms with Gasteiger partial charge in [0.2, 0.25) is 0 Å². The Morgan fingerprint density at radius 2 is 1.90 bits per heavy atom. The van der Waals surface area contributed by atoms with Gasteiger partial charge in [-0.2, -0.15) is 0 Å². The van der Waals surface area contributed by atoms with Gasteiger partial charge in [0.1, 0.15) is 6.33 Å². The molecular formula is C21H24N6O2. The lowest BCUT2D eigenvalue weighted by Crippen LogP contribution is -2.32. The van der Waals surface area contributed by atoms with Gasteiger partial charge in [-0.3, -0.25) is 9.59 Å². The average molecular weight is 392 g/mol. The third kappa shape index (κ3) is 5.04. The second-order valence-electron chi connectivity index (χ2n) is 6.92. The van der Waals surface area contributed by atoms with E-state index in [1.54, 1.807) is 35.0 Å². The van der Waals surface area contributed by atoms with E-state index in [9.17, 15) is 9.59 Å². The van der Waals surface area contributed by atoms with Crippen molar-refractivity contribution in [1.82, 2.24) is 30.8 Å². The van der Waals surface area contributed by atoms with Crippen LogP contribution in [0, 0.1) is 6.92 Å². The molecule has 1 aromatic heterocycles. The molecule has 8 nitrogen and oxygen atoms in total. The third-order valence-electron chi connectivity index (χ3n) is 4.69. The van der Waals surface area contributed by atoms with Crippen molar-refractivity contribution in [2.45, 2.75) is 39.8 Å². The number of benzene rings is 2. The third-order valence-corrected chi connectivity index (χ3v) is 4.69. The van der Waals surface area contributed by atoms with Gasteiger partial charge in [0.25, 0.3) is 11.8 Å². The molecule has 0 saturated heterocycles. The van der Waals surface area contributed by atoms with Crippen LogP contribution in [0.3, 0.4) is 0 Å². The molecule has 0 fully saturated rings. The average Bonchev–Trinajstić information content (AvgIpc) is 3.26. The number of nitrogens with one attached hydrogen (secondary N) is 2. The van der Waals surface area contributed by atoms with Crippen molar-refractivity contribution >= 4 is 11.8 Å². The summed E-state index contributed by atoms with van der Waals surface area (Å²) in [5.74, 6) is -0.299. The highest BCUT2D eigenvalue weighted by Crippen LogP contribution is 2.15. The van der Waals surface area contributed by atoms with Gasteiger partial charge in [-0.05, 0) is 72.2 Å². The molecule has 1 heterocycles. The summed E-state index contributed by atoms with van der Waals surface area (Å²) in [5.41, 5.74) is 3.68. The van der Waals surface area contributed by atoms with E-state index in [-0.39, 0.29) is 17.9 Å². The maximum atomic E-state index is 12.5. The standard InChI is InChI=1S/C21H24N6O2/c1-4-15(3)24-21(29)17-7-5-6-16(11-17)12-22-20(28)18-8-9-19(14(2)10-18)27-13-23-25-26-27/h5-11,13,15H,4,12H2,1-3H3,(H,22,28)(H,24,29). The van der Waals surface area contributed by atoms with E-state index >= 15 is 0 Å². The highest BCUT2D eigenvalue weighted by Gasteiger charge is 2.11. The summed E-state index contributed by atoms with van der Waals surface area (Å²) in [6.07, 6.45) is 2.37. The van der Waals surface area contributed by atoms with E-state index in [4.69, 9.17) is 0 Å². The van der Waals surface area contributed by atoms with Crippen molar-refractivity contribution in [3.8, 4) is 5.69 Å². The molecule has 2 amide bonds. The molecule has 1 atom stereocenters. The number of nitrogens with zero attached hydrogens (tertiary/aromatic N) is 4. The fourth-order valence-corrected chi connectivity index (χ4v) is 2.84. The van der Waals surface area contributed by atoms with E-state index in [0.29, 0.717) is 17.7 Å². The zero-order valence-corrected chi connectivity index (χ0v) is 16.7. The first-order chi connectivity index (χ1) is 14.0. The first-order valence-corrected chi connectivity index (χ1v) is 9.50. The number of tetrazole rings is 1. The maximum Gasteiger partial charge on any atom is 0.251 e. The second-order valence-corrected chi connectivity index (χ2v) is 6.92. The summed E-state index contributed by atoms with van der Waals surface area (Å²) < 4.78 is 1.55. The van der Waals surface area contributed by atoms with E-state index in [1.165, 1.54) is 6.33 Å². The molecule has 0 bridgehead atoms. The quantitative estimate of drug-likeness (QED) is 0.643. The number of hydrogen-bond acceptors (Lipinski definition) is 5. The van der Waals surface area contributed by atoms with Gasteiger partial charge in [0.15, 0.2) is 0 Å². The summed E-state index contributed by atoms with van der Waals surface area (Å²) in [6.45, 7) is 6.22. The number of hydrogen-bond donors (Lipinski definition) is 2.